The first-order valence-corrected chi connectivity index (χ1v) is 6.95. The van der Waals surface area contributed by atoms with Gasteiger partial charge in [-0.2, -0.15) is 0 Å². The number of para-hydroxylation sites is 1. The predicted molar refractivity (Wildman–Crippen MR) is 83.7 cm³/mol. The highest BCUT2D eigenvalue weighted by Gasteiger charge is 2.07. The Hall–Kier alpha value is -2.47. The van der Waals surface area contributed by atoms with Crippen LogP contribution in [0.3, 0.4) is 0 Å². The highest BCUT2D eigenvalue weighted by molar-refractivity contribution is 7.71. The fourth-order valence-corrected chi connectivity index (χ4v) is 2.43. The molecule has 3 aromatic rings. The number of ether oxygens (including phenoxy) is 1. The SMILES string of the molecule is CCOc1ccc(-n2c(=S)[nH]c3ccccc3c2=O)cn1. The fourth-order valence-electron chi connectivity index (χ4n) is 2.13. The number of hydrogen-bond acceptors (Lipinski definition) is 4. The summed E-state index contributed by atoms with van der Waals surface area (Å²) in [6, 6.07) is 10.7. The minimum Gasteiger partial charge on any atom is -0.478 e. The number of hydrogen-bond donors (Lipinski definition) is 1. The molecule has 0 fully saturated rings. The molecule has 2 aromatic heterocycles. The second-order valence-electron chi connectivity index (χ2n) is 4.40. The van der Waals surface area contributed by atoms with E-state index in [4.69, 9.17) is 17.0 Å². The van der Waals surface area contributed by atoms with Crippen LogP contribution in [0.5, 0.6) is 5.88 Å². The van der Waals surface area contributed by atoms with Gasteiger partial charge < -0.3 is 9.72 Å². The van der Waals surface area contributed by atoms with Gasteiger partial charge in [0.15, 0.2) is 4.77 Å². The predicted octanol–water partition coefficient (Wildman–Crippen LogP) is 2.84. The van der Waals surface area contributed by atoms with Crippen molar-refractivity contribution in [3.05, 3.63) is 57.7 Å². The molecule has 0 bridgehead atoms. The zero-order valence-electron chi connectivity index (χ0n) is 11.4. The monoisotopic (exact) mass is 299 g/mol. The van der Waals surface area contributed by atoms with Crippen LogP contribution in [0.1, 0.15) is 6.92 Å². The van der Waals surface area contributed by atoms with E-state index in [1.807, 2.05) is 25.1 Å². The maximum atomic E-state index is 12.6. The summed E-state index contributed by atoms with van der Waals surface area (Å²) in [5, 5.41) is 0.583. The van der Waals surface area contributed by atoms with Crippen molar-refractivity contribution in [2.24, 2.45) is 0 Å². The Kier molecular flexibility index (Phi) is 3.53. The lowest BCUT2D eigenvalue weighted by Gasteiger charge is -2.08. The molecule has 3 rings (SSSR count). The molecular weight excluding hydrogens is 286 g/mol. The third kappa shape index (κ3) is 2.45. The van der Waals surface area contributed by atoms with Gasteiger partial charge in [0.25, 0.3) is 5.56 Å². The molecule has 6 heteroatoms. The second-order valence-corrected chi connectivity index (χ2v) is 4.79. The molecule has 1 aromatic carbocycles. The van der Waals surface area contributed by atoms with Crippen LogP contribution in [0.2, 0.25) is 0 Å². The van der Waals surface area contributed by atoms with Crippen molar-refractivity contribution in [3.63, 3.8) is 0 Å². The van der Waals surface area contributed by atoms with Crippen LogP contribution in [-0.4, -0.2) is 21.1 Å². The van der Waals surface area contributed by atoms with Crippen molar-refractivity contribution in [3.8, 4) is 11.6 Å². The molecule has 0 amide bonds. The molecule has 106 valence electrons. The van der Waals surface area contributed by atoms with E-state index in [1.54, 1.807) is 24.4 Å². The lowest BCUT2D eigenvalue weighted by Crippen LogP contribution is -2.20. The van der Waals surface area contributed by atoms with Gasteiger partial charge in [-0.1, -0.05) is 12.1 Å². The number of rotatable bonds is 3. The number of benzene rings is 1. The lowest BCUT2D eigenvalue weighted by molar-refractivity contribution is 0.327. The van der Waals surface area contributed by atoms with Crippen molar-refractivity contribution in [2.45, 2.75) is 6.92 Å². The Morgan fingerprint density at radius 1 is 1.29 bits per heavy atom. The first-order valence-electron chi connectivity index (χ1n) is 6.54. The van der Waals surface area contributed by atoms with Crippen LogP contribution in [0.25, 0.3) is 16.6 Å². The number of aromatic amines is 1. The molecule has 0 radical (unpaired) electrons. The first-order chi connectivity index (χ1) is 10.2. The molecule has 1 N–H and O–H groups in total. The molecule has 2 heterocycles. The Balaban J connectivity index is 2.20. The molecule has 0 unspecified atom stereocenters. The smallest absolute Gasteiger partial charge is 0.266 e. The molecule has 0 aliphatic rings. The van der Waals surface area contributed by atoms with E-state index in [9.17, 15) is 4.79 Å². The van der Waals surface area contributed by atoms with E-state index in [1.165, 1.54) is 4.57 Å². The van der Waals surface area contributed by atoms with Crippen LogP contribution in [0.15, 0.2) is 47.4 Å². The number of H-pyrrole nitrogens is 1. The van der Waals surface area contributed by atoms with Crippen LogP contribution in [0.4, 0.5) is 0 Å². The summed E-state index contributed by atoms with van der Waals surface area (Å²) < 4.78 is 7.06. The number of pyridine rings is 1. The molecule has 0 saturated carbocycles. The number of aromatic nitrogens is 3. The molecule has 21 heavy (non-hydrogen) atoms. The summed E-state index contributed by atoms with van der Waals surface area (Å²) in [7, 11) is 0. The van der Waals surface area contributed by atoms with Crippen molar-refractivity contribution in [1.29, 1.82) is 0 Å². The van der Waals surface area contributed by atoms with E-state index < -0.39 is 0 Å². The average molecular weight is 299 g/mol. The van der Waals surface area contributed by atoms with E-state index in [2.05, 4.69) is 9.97 Å². The minimum atomic E-state index is -0.166. The van der Waals surface area contributed by atoms with E-state index in [0.717, 1.165) is 5.52 Å². The Bertz CT molecular complexity index is 897. The van der Waals surface area contributed by atoms with Gasteiger partial charge in [0.05, 0.1) is 29.4 Å². The van der Waals surface area contributed by atoms with Crippen LogP contribution < -0.4 is 10.3 Å². The average Bonchev–Trinajstić information content (AvgIpc) is 2.49. The molecule has 0 aliphatic heterocycles. The fraction of sp³-hybridized carbons (Fsp3) is 0.133. The van der Waals surface area contributed by atoms with Crippen LogP contribution in [0, 0.1) is 4.77 Å². The number of nitrogens with one attached hydrogen (secondary N) is 1. The second kappa shape index (κ2) is 5.49. The van der Waals surface area contributed by atoms with Gasteiger partial charge in [-0.3, -0.25) is 9.36 Å². The molecule has 0 spiro atoms. The summed E-state index contributed by atoms with van der Waals surface area (Å²) in [6.07, 6.45) is 1.57. The van der Waals surface area contributed by atoms with E-state index in [0.29, 0.717) is 28.3 Å². The first kappa shape index (κ1) is 13.5. The molecule has 0 saturated heterocycles. The Labute approximate surface area is 125 Å². The van der Waals surface area contributed by atoms with Crippen molar-refractivity contribution < 1.29 is 4.74 Å². The largest absolute Gasteiger partial charge is 0.478 e. The third-order valence-corrected chi connectivity index (χ3v) is 3.36. The normalized spacial score (nSPS) is 10.7. The minimum absolute atomic E-state index is 0.166. The summed E-state index contributed by atoms with van der Waals surface area (Å²) in [5.74, 6) is 0.519. The summed E-state index contributed by atoms with van der Waals surface area (Å²) in [5.41, 5.74) is 1.17. The van der Waals surface area contributed by atoms with Gasteiger partial charge in [0.2, 0.25) is 5.88 Å². The molecule has 0 aliphatic carbocycles. The van der Waals surface area contributed by atoms with Gasteiger partial charge in [-0.15, -0.1) is 0 Å². The highest BCUT2D eigenvalue weighted by atomic mass is 32.1. The maximum absolute atomic E-state index is 12.6. The van der Waals surface area contributed by atoms with E-state index in [-0.39, 0.29) is 5.56 Å². The molecular formula is C15H13N3O2S. The van der Waals surface area contributed by atoms with Gasteiger partial charge >= 0.3 is 0 Å². The summed E-state index contributed by atoms with van der Waals surface area (Å²) in [6.45, 7) is 2.43. The van der Waals surface area contributed by atoms with Crippen molar-refractivity contribution in [1.82, 2.24) is 14.5 Å². The van der Waals surface area contributed by atoms with Crippen LogP contribution >= 0.6 is 12.2 Å². The standard InChI is InChI=1S/C15H13N3O2S/c1-2-20-13-8-7-10(9-16-13)18-14(19)11-5-3-4-6-12(11)17-15(18)21/h3-9H,2H2,1H3,(H,17,21). The van der Waals surface area contributed by atoms with Crippen LogP contribution in [-0.2, 0) is 0 Å². The topological polar surface area (TPSA) is 59.9 Å². The molecule has 0 atom stereocenters. The van der Waals surface area contributed by atoms with E-state index >= 15 is 0 Å². The number of nitrogens with zero attached hydrogens (tertiary/aromatic N) is 2. The zero-order valence-corrected chi connectivity index (χ0v) is 12.2. The summed E-state index contributed by atoms with van der Waals surface area (Å²) in [4.78, 5) is 19.8. The molecule has 5 nitrogen and oxygen atoms in total. The maximum Gasteiger partial charge on any atom is 0.266 e. The van der Waals surface area contributed by atoms with Gasteiger partial charge in [0.1, 0.15) is 0 Å². The van der Waals surface area contributed by atoms with Gasteiger partial charge in [-0.25, -0.2) is 4.98 Å². The quantitative estimate of drug-likeness (QED) is 0.756. The van der Waals surface area contributed by atoms with Crippen molar-refractivity contribution in [2.75, 3.05) is 6.61 Å². The Morgan fingerprint density at radius 2 is 2.10 bits per heavy atom. The lowest BCUT2D eigenvalue weighted by atomic mass is 10.2. The zero-order chi connectivity index (χ0) is 14.8. The highest BCUT2D eigenvalue weighted by Crippen LogP contribution is 2.13. The Morgan fingerprint density at radius 3 is 2.81 bits per heavy atom. The van der Waals surface area contributed by atoms with Gasteiger partial charge in [-0.05, 0) is 37.3 Å². The summed E-state index contributed by atoms with van der Waals surface area (Å²) >= 11 is 5.28. The van der Waals surface area contributed by atoms with Crippen molar-refractivity contribution >= 4 is 23.1 Å². The number of fused-ring (bicyclic) bond motifs is 1. The third-order valence-electron chi connectivity index (χ3n) is 3.08. The van der Waals surface area contributed by atoms with Gasteiger partial charge in [0, 0.05) is 6.07 Å².